The number of primary amides is 1. The number of ether oxygens (including phenoxy) is 2. The number of carbonyl (C=O) groups excluding carboxylic acids is 3. The van der Waals surface area contributed by atoms with E-state index in [1.807, 2.05) is 0 Å². The van der Waals surface area contributed by atoms with Crippen molar-refractivity contribution in [2.24, 2.45) is 17.6 Å². The molecule has 2 aromatic carbocycles. The minimum Gasteiger partial charge on any atom is -0.508 e. The van der Waals surface area contributed by atoms with E-state index in [-0.39, 0.29) is 18.1 Å². The Hall–Kier alpha value is -4.39. The van der Waals surface area contributed by atoms with E-state index in [9.17, 15) is 39.9 Å². The molecule has 41 heavy (non-hydrogen) atoms. The molecule has 1 heterocycles. The van der Waals surface area contributed by atoms with Crippen LogP contribution in [0.4, 0.5) is 0 Å². The summed E-state index contributed by atoms with van der Waals surface area (Å²) in [7, 11) is 2.92. The number of amides is 1. The average molecular weight is 565 g/mol. The van der Waals surface area contributed by atoms with Crippen molar-refractivity contribution in [1.29, 1.82) is 0 Å². The SMILES string of the molecule is CC1c2ccc(-c3ccc4c(c3)OCO4)c(O)c2C(O)=C2C(=O)C3(O)C(O)=C(C(N)=O)C(=O)C(N(C)C)C3C(O)C21. The zero-order chi connectivity index (χ0) is 29.7. The summed E-state index contributed by atoms with van der Waals surface area (Å²) < 4.78 is 10.8. The number of hydrogen-bond donors (Lipinski definition) is 6. The molecular formula is C29H28N2O10. The van der Waals surface area contributed by atoms with Gasteiger partial charge in [0, 0.05) is 17.1 Å². The highest BCUT2D eigenvalue weighted by atomic mass is 16.7. The third kappa shape index (κ3) is 3.35. The Morgan fingerprint density at radius 3 is 2.41 bits per heavy atom. The lowest BCUT2D eigenvalue weighted by molar-refractivity contribution is -0.169. The summed E-state index contributed by atoms with van der Waals surface area (Å²) in [5.74, 6) is -8.31. The van der Waals surface area contributed by atoms with Crippen LogP contribution in [0.1, 0.15) is 24.0 Å². The molecule has 2 aromatic rings. The first-order valence-electron chi connectivity index (χ1n) is 12.9. The molecule has 6 atom stereocenters. The van der Waals surface area contributed by atoms with Crippen molar-refractivity contribution < 1.29 is 49.4 Å². The van der Waals surface area contributed by atoms with Gasteiger partial charge in [-0.3, -0.25) is 19.3 Å². The fourth-order valence-electron chi connectivity index (χ4n) is 6.91. The van der Waals surface area contributed by atoms with Gasteiger partial charge in [-0.25, -0.2) is 0 Å². The van der Waals surface area contributed by atoms with Gasteiger partial charge in [0.2, 0.25) is 12.6 Å². The lowest BCUT2D eigenvalue weighted by atomic mass is 9.54. The van der Waals surface area contributed by atoms with E-state index in [1.54, 1.807) is 37.3 Å². The number of likely N-dealkylation sites (N-methyl/N-ethyl adjacent to an activating group) is 1. The molecular weight excluding hydrogens is 536 g/mol. The smallest absolute Gasteiger partial charge is 0.255 e. The number of carbonyl (C=O) groups is 3. The molecule has 12 nitrogen and oxygen atoms in total. The van der Waals surface area contributed by atoms with Crippen LogP contribution in [0.15, 0.2) is 47.2 Å². The molecule has 0 radical (unpaired) electrons. The Morgan fingerprint density at radius 2 is 1.76 bits per heavy atom. The molecule has 0 saturated heterocycles. The molecule has 6 unspecified atom stereocenters. The molecule has 7 N–H and O–H groups in total. The van der Waals surface area contributed by atoms with Crippen LogP contribution in [0.25, 0.3) is 16.9 Å². The minimum atomic E-state index is -2.96. The molecule has 3 aliphatic carbocycles. The molecule has 1 saturated carbocycles. The topological polar surface area (TPSA) is 200 Å². The third-order valence-corrected chi connectivity index (χ3v) is 8.81. The summed E-state index contributed by atoms with van der Waals surface area (Å²) in [5.41, 5.74) is 2.14. The highest BCUT2D eigenvalue weighted by molar-refractivity contribution is 6.24. The molecule has 1 amide bonds. The molecule has 1 fully saturated rings. The van der Waals surface area contributed by atoms with Crippen molar-refractivity contribution in [1.82, 2.24) is 4.90 Å². The van der Waals surface area contributed by atoms with Crippen LogP contribution in [0.5, 0.6) is 17.2 Å². The fraction of sp³-hybridized carbons (Fsp3) is 0.345. The van der Waals surface area contributed by atoms with Gasteiger partial charge in [-0.05, 0) is 43.3 Å². The number of phenols is 1. The largest absolute Gasteiger partial charge is 0.508 e. The van der Waals surface area contributed by atoms with Gasteiger partial charge in [0.1, 0.15) is 22.8 Å². The van der Waals surface area contributed by atoms with Crippen LogP contribution >= 0.6 is 0 Å². The number of fused-ring (bicyclic) bond motifs is 4. The normalized spacial score (nSPS) is 30.3. The van der Waals surface area contributed by atoms with E-state index in [0.29, 0.717) is 28.2 Å². The fourth-order valence-corrected chi connectivity index (χ4v) is 6.91. The van der Waals surface area contributed by atoms with Crippen LogP contribution in [-0.2, 0) is 14.4 Å². The second kappa shape index (κ2) is 8.80. The van der Waals surface area contributed by atoms with Crippen molar-refractivity contribution in [2.45, 2.75) is 30.6 Å². The number of hydrogen-bond acceptors (Lipinski definition) is 11. The number of phenolic OH excluding ortho intramolecular Hbond substituents is 1. The quantitative estimate of drug-likeness (QED) is 0.289. The highest BCUT2D eigenvalue weighted by Gasteiger charge is 2.68. The van der Waals surface area contributed by atoms with Gasteiger partial charge in [0.15, 0.2) is 22.9 Å². The Labute approximate surface area is 233 Å². The Kier molecular flexibility index (Phi) is 5.76. The summed E-state index contributed by atoms with van der Waals surface area (Å²) in [6.45, 7) is 1.73. The second-order valence-electron chi connectivity index (χ2n) is 11.0. The van der Waals surface area contributed by atoms with Crippen LogP contribution in [0, 0.1) is 11.8 Å². The second-order valence-corrected chi connectivity index (χ2v) is 11.0. The monoisotopic (exact) mass is 564 g/mol. The predicted molar refractivity (Wildman–Crippen MR) is 142 cm³/mol. The van der Waals surface area contributed by atoms with Gasteiger partial charge < -0.3 is 40.7 Å². The summed E-state index contributed by atoms with van der Waals surface area (Å²) in [6, 6.07) is 6.89. The number of rotatable bonds is 3. The number of Topliss-reactive ketones (excluding diaryl/α,β-unsaturated/α-hetero) is 2. The number of aliphatic hydroxyl groups excluding tert-OH is 3. The summed E-state index contributed by atoms with van der Waals surface area (Å²) in [5, 5.41) is 57.4. The molecule has 6 rings (SSSR count). The molecule has 4 aliphatic rings. The first-order valence-corrected chi connectivity index (χ1v) is 12.9. The van der Waals surface area contributed by atoms with E-state index in [0.717, 1.165) is 0 Å². The third-order valence-electron chi connectivity index (χ3n) is 8.81. The van der Waals surface area contributed by atoms with Crippen molar-refractivity contribution in [2.75, 3.05) is 20.9 Å². The standard InChI is InChI=1S/C29H28N2O10/c1-10-12-5-6-13(11-4-7-14-15(8-11)41-9-40-14)22(32)17(12)23(33)18-16(10)24(34)20-21(31(2)3)25(35)19(28(30)38)27(37)29(20,39)26(18)36/h4-8,10,16,20-21,24,32-34,37,39H,9H2,1-3H3,(H2,30,38). The van der Waals surface area contributed by atoms with Crippen molar-refractivity contribution in [3.63, 3.8) is 0 Å². The van der Waals surface area contributed by atoms with Gasteiger partial charge >= 0.3 is 0 Å². The first kappa shape index (κ1) is 26.8. The van der Waals surface area contributed by atoms with Gasteiger partial charge in [0.05, 0.1) is 23.6 Å². The van der Waals surface area contributed by atoms with E-state index in [4.69, 9.17) is 15.2 Å². The van der Waals surface area contributed by atoms with Crippen LogP contribution in [0.3, 0.4) is 0 Å². The maximum absolute atomic E-state index is 14.1. The van der Waals surface area contributed by atoms with Crippen LogP contribution < -0.4 is 15.2 Å². The van der Waals surface area contributed by atoms with Crippen molar-refractivity contribution in [3.8, 4) is 28.4 Å². The zero-order valence-electron chi connectivity index (χ0n) is 22.3. The lowest BCUT2D eigenvalue weighted by Gasteiger charge is -2.53. The maximum atomic E-state index is 14.1. The molecule has 1 aliphatic heterocycles. The summed E-state index contributed by atoms with van der Waals surface area (Å²) >= 11 is 0. The number of aromatic hydroxyl groups is 1. The summed E-state index contributed by atoms with van der Waals surface area (Å²) in [6.07, 6.45) is -1.65. The molecule has 0 aromatic heterocycles. The van der Waals surface area contributed by atoms with E-state index >= 15 is 0 Å². The number of nitrogens with two attached hydrogens (primary N) is 1. The van der Waals surface area contributed by atoms with E-state index < -0.39 is 75.6 Å². The average Bonchev–Trinajstić information content (AvgIpc) is 3.38. The molecule has 12 heteroatoms. The van der Waals surface area contributed by atoms with E-state index in [1.165, 1.54) is 19.0 Å². The number of ketones is 2. The van der Waals surface area contributed by atoms with Crippen LogP contribution in [0.2, 0.25) is 0 Å². The summed E-state index contributed by atoms with van der Waals surface area (Å²) in [4.78, 5) is 40.9. The van der Waals surface area contributed by atoms with Gasteiger partial charge in [-0.1, -0.05) is 25.1 Å². The van der Waals surface area contributed by atoms with Gasteiger partial charge in [-0.15, -0.1) is 0 Å². The van der Waals surface area contributed by atoms with Crippen molar-refractivity contribution in [3.05, 3.63) is 58.4 Å². The van der Waals surface area contributed by atoms with Gasteiger partial charge in [-0.2, -0.15) is 0 Å². The number of aliphatic hydroxyl groups is 4. The lowest BCUT2D eigenvalue weighted by Crippen LogP contribution is -2.70. The van der Waals surface area contributed by atoms with E-state index in [2.05, 4.69) is 0 Å². The molecule has 0 spiro atoms. The van der Waals surface area contributed by atoms with Crippen molar-refractivity contribution >= 4 is 23.2 Å². The Bertz CT molecular complexity index is 1630. The Balaban J connectivity index is 1.57. The maximum Gasteiger partial charge on any atom is 0.255 e. The first-order chi connectivity index (χ1) is 19.3. The number of nitrogens with zero attached hydrogens (tertiary/aromatic N) is 1. The zero-order valence-corrected chi connectivity index (χ0v) is 22.3. The van der Waals surface area contributed by atoms with Gasteiger partial charge in [0.25, 0.3) is 5.91 Å². The Morgan fingerprint density at radius 1 is 1.07 bits per heavy atom. The molecule has 0 bridgehead atoms. The molecule has 214 valence electrons. The number of benzene rings is 2. The predicted octanol–water partition coefficient (Wildman–Crippen LogP) is 0.891. The highest BCUT2D eigenvalue weighted by Crippen LogP contribution is 2.57. The van der Waals surface area contributed by atoms with Crippen LogP contribution in [-0.4, -0.2) is 86.5 Å². The minimum absolute atomic E-state index is 0.0497.